The molecule has 116 valence electrons. The predicted octanol–water partition coefficient (Wildman–Crippen LogP) is 2.07. The molecule has 1 aromatic carbocycles. The van der Waals surface area contributed by atoms with E-state index in [9.17, 15) is 4.79 Å². The van der Waals surface area contributed by atoms with Gasteiger partial charge in [0.25, 0.3) is 0 Å². The second kappa shape index (κ2) is 7.46. The number of benzene rings is 1. The maximum atomic E-state index is 11.7. The first kappa shape index (κ1) is 15.8. The van der Waals surface area contributed by atoms with Crippen LogP contribution in [0.4, 0.5) is 5.69 Å². The van der Waals surface area contributed by atoms with E-state index in [1.165, 1.54) is 16.8 Å². The summed E-state index contributed by atoms with van der Waals surface area (Å²) in [5.41, 5.74) is 4.09. The zero-order chi connectivity index (χ0) is 15.2. The smallest absolute Gasteiger partial charge is 0.221 e. The highest BCUT2D eigenvalue weighted by Crippen LogP contribution is 2.27. The third-order valence-corrected chi connectivity index (χ3v) is 4.15. The number of rotatable bonds is 7. The van der Waals surface area contributed by atoms with Crippen molar-refractivity contribution in [2.24, 2.45) is 0 Å². The van der Waals surface area contributed by atoms with Crippen molar-refractivity contribution in [1.29, 1.82) is 0 Å². The van der Waals surface area contributed by atoms with Crippen LogP contribution in [0.25, 0.3) is 0 Å². The van der Waals surface area contributed by atoms with Gasteiger partial charge in [-0.25, -0.2) is 0 Å². The molecule has 0 aromatic heterocycles. The van der Waals surface area contributed by atoms with Gasteiger partial charge in [-0.2, -0.15) is 0 Å². The van der Waals surface area contributed by atoms with Crippen molar-refractivity contribution >= 4 is 11.6 Å². The van der Waals surface area contributed by atoms with Crippen LogP contribution < -0.4 is 15.5 Å². The van der Waals surface area contributed by atoms with Gasteiger partial charge < -0.3 is 15.5 Å². The number of hydrogen-bond acceptors (Lipinski definition) is 3. The molecule has 0 saturated carbocycles. The van der Waals surface area contributed by atoms with Gasteiger partial charge in [-0.05, 0) is 37.0 Å². The third kappa shape index (κ3) is 4.46. The number of fused-ring (bicyclic) bond motifs is 1. The molecule has 2 N–H and O–H groups in total. The second-order valence-corrected chi connectivity index (χ2v) is 5.94. The molecule has 4 heteroatoms. The Morgan fingerprint density at radius 3 is 3.00 bits per heavy atom. The summed E-state index contributed by atoms with van der Waals surface area (Å²) in [6.45, 7) is 6.77. The Balaban J connectivity index is 1.71. The van der Waals surface area contributed by atoms with Crippen molar-refractivity contribution in [2.75, 3.05) is 25.0 Å². The van der Waals surface area contributed by atoms with Crippen LogP contribution in [0, 0.1) is 0 Å². The van der Waals surface area contributed by atoms with Crippen molar-refractivity contribution < 1.29 is 4.79 Å². The van der Waals surface area contributed by atoms with Crippen LogP contribution >= 0.6 is 0 Å². The van der Waals surface area contributed by atoms with Gasteiger partial charge in [0.1, 0.15) is 0 Å². The number of amides is 1. The van der Waals surface area contributed by atoms with E-state index in [0.29, 0.717) is 6.42 Å². The van der Waals surface area contributed by atoms with Crippen molar-refractivity contribution in [3.05, 3.63) is 29.3 Å². The summed E-state index contributed by atoms with van der Waals surface area (Å²) in [5, 5.41) is 6.33. The van der Waals surface area contributed by atoms with Crippen molar-refractivity contribution in [3.8, 4) is 0 Å². The molecule has 0 spiro atoms. The lowest BCUT2D eigenvalue weighted by molar-refractivity contribution is -0.121. The third-order valence-electron chi connectivity index (χ3n) is 4.15. The Hall–Kier alpha value is -1.55. The lowest BCUT2D eigenvalue weighted by Crippen LogP contribution is -2.33. The van der Waals surface area contributed by atoms with Gasteiger partial charge in [-0.1, -0.05) is 19.1 Å². The average Bonchev–Trinajstić information content (AvgIpc) is 2.84. The summed E-state index contributed by atoms with van der Waals surface area (Å²) in [4.78, 5) is 14.0. The van der Waals surface area contributed by atoms with Crippen LogP contribution in [-0.4, -0.2) is 32.1 Å². The Bertz CT molecular complexity index is 487. The largest absolute Gasteiger partial charge is 0.374 e. The fourth-order valence-electron chi connectivity index (χ4n) is 2.61. The van der Waals surface area contributed by atoms with Gasteiger partial charge in [0, 0.05) is 44.8 Å². The van der Waals surface area contributed by atoms with E-state index < -0.39 is 0 Å². The molecule has 0 bridgehead atoms. The minimum absolute atomic E-state index is 0.132. The SMILES string of the molecule is CCC(C)NC(=O)CCNCc1ccc2c(c1)CCN2C. The maximum absolute atomic E-state index is 11.7. The average molecular weight is 289 g/mol. The molecule has 0 aliphatic carbocycles. The molecule has 1 unspecified atom stereocenters. The lowest BCUT2D eigenvalue weighted by Gasteiger charge is -2.13. The second-order valence-electron chi connectivity index (χ2n) is 5.94. The van der Waals surface area contributed by atoms with E-state index in [1.54, 1.807) is 0 Å². The quantitative estimate of drug-likeness (QED) is 0.755. The summed E-state index contributed by atoms with van der Waals surface area (Å²) in [7, 11) is 2.14. The zero-order valence-corrected chi connectivity index (χ0v) is 13.4. The predicted molar refractivity (Wildman–Crippen MR) is 87.6 cm³/mol. The molecular formula is C17H27N3O. The summed E-state index contributed by atoms with van der Waals surface area (Å²) in [6.07, 6.45) is 2.65. The molecule has 2 rings (SSSR count). The van der Waals surface area contributed by atoms with Gasteiger partial charge in [-0.15, -0.1) is 0 Å². The van der Waals surface area contributed by atoms with Crippen LogP contribution in [0.5, 0.6) is 0 Å². The Labute approximate surface area is 127 Å². The topological polar surface area (TPSA) is 44.4 Å². The van der Waals surface area contributed by atoms with Gasteiger partial charge in [-0.3, -0.25) is 4.79 Å². The number of likely N-dealkylation sites (N-methyl/N-ethyl adjacent to an activating group) is 1. The molecular weight excluding hydrogens is 262 g/mol. The Kier molecular flexibility index (Phi) is 5.62. The van der Waals surface area contributed by atoms with Gasteiger partial charge in [0.15, 0.2) is 0 Å². The van der Waals surface area contributed by atoms with E-state index >= 15 is 0 Å². The molecule has 0 radical (unpaired) electrons. The number of carbonyl (C=O) groups is 1. The molecule has 1 heterocycles. The molecule has 1 aliphatic rings. The first-order valence-corrected chi connectivity index (χ1v) is 7.93. The Morgan fingerprint density at radius 2 is 2.24 bits per heavy atom. The van der Waals surface area contributed by atoms with Gasteiger partial charge in [0.05, 0.1) is 0 Å². The fraction of sp³-hybridized carbons (Fsp3) is 0.588. The van der Waals surface area contributed by atoms with Crippen LogP contribution in [0.3, 0.4) is 0 Å². The fourth-order valence-corrected chi connectivity index (χ4v) is 2.61. The van der Waals surface area contributed by atoms with Gasteiger partial charge >= 0.3 is 0 Å². The molecule has 1 amide bonds. The number of hydrogen-bond donors (Lipinski definition) is 2. The van der Waals surface area contributed by atoms with E-state index in [-0.39, 0.29) is 11.9 Å². The molecule has 1 atom stereocenters. The van der Waals surface area contributed by atoms with E-state index in [4.69, 9.17) is 0 Å². The standard InChI is InChI=1S/C17H27N3O/c1-4-13(2)19-17(21)7-9-18-12-14-5-6-16-15(11-14)8-10-20(16)3/h5-6,11,13,18H,4,7-10,12H2,1-3H3,(H,19,21). The summed E-state index contributed by atoms with van der Waals surface area (Å²) >= 11 is 0. The molecule has 0 fully saturated rings. The minimum atomic E-state index is 0.132. The molecule has 1 aromatic rings. The van der Waals surface area contributed by atoms with Crippen molar-refractivity contribution in [1.82, 2.24) is 10.6 Å². The van der Waals surface area contributed by atoms with Crippen LogP contribution in [0.1, 0.15) is 37.8 Å². The monoisotopic (exact) mass is 289 g/mol. The highest BCUT2D eigenvalue weighted by molar-refractivity contribution is 5.76. The zero-order valence-electron chi connectivity index (χ0n) is 13.4. The molecule has 4 nitrogen and oxygen atoms in total. The van der Waals surface area contributed by atoms with Gasteiger partial charge in [0.2, 0.25) is 5.91 Å². The number of nitrogens with zero attached hydrogens (tertiary/aromatic N) is 1. The number of carbonyl (C=O) groups excluding carboxylic acids is 1. The molecule has 1 aliphatic heterocycles. The van der Waals surface area contributed by atoms with Crippen LogP contribution in [0.15, 0.2) is 18.2 Å². The Morgan fingerprint density at radius 1 is 1.43 bits per heavy atom. The minimum Gasteiger partial charge on any atom is -0.374 e. The maximum Gasteiger partial charge on any atom is 0.221 e. The molecule has 21 heavy (non-hydrogen) atoms. The van der Waals surface area contributed by atoms with E-state index in [0.717, 1.165) is 32.5 Å². The van der Waals surface area contributed by atoms with Crippen molar-refractivity contribution in [2.45, 2.75) is 45.7 Å². The van der Waals surface area contributed by atoms with Crippen LogP contribution in [0.2, 0.25) is 0 Å². The highest BCUT2D eigenvalue weighted by Gasteiger charge is 2.15. The lowest BCUT2D eigenvalue weighted by atomic mass is 10.1. The van der Waals surface area contributed by atoms with Crippen molar-refractivity contribution in [3.63, 3.8) is 0 Å². The van der Waals surface area contributed by atoms with E-state index in [2.05, 4.69) is 47.7 Å². The first-order valence-electron chi connectivity index (χ1n) is 7.93. The number of nitrogens with one attached hydrogen (secondary N) is 2. The highest BCUT2D eigenvalue weighted by atomic mass is 16.1. The summed E-state index contributed by atoms with van der Waals surface area (Å²) in [6, 6.07) is 6.93. The summed E-state index contributed by atoms with van der Waals surface area (Å²) in [5.74, 6) is 0.132. The number of anilines is 1. The first-order chi connectivity index (χ1) is 10.1. The molecule has 0 saturated heterocycles. The normalized spacial score (nSPS) is 14.9. The van der Waals surface area contributed by atoms with Crippen LogP contribution in [-0.2, 0) is 17.8 Å². The van der Waals surface area contributed by atoms with E-state index in [1.807, 2.05) is 6.92 Å². The summed E-state index contributed by atoms with van der Waals surface area (Å²) < 4.78 is 0.